The number of rotatable bonds is 5. The number of amides is 1. The molecule has 0 radical (unpaired) electrons. The number of hydrazone groups is 1. The van der Waals surface area contributed by atoms with Gasteiger partial charge in [0.25, 0.3) is 5.91 Å². The van der Waals surface area contributed by atoms with Crippen LogP contribution < -0.4 is 10.2 Å². The van der Waals surface area contributed by atoms with Crippen molar-refractivity contribution >= 4 is 39.1 Å². The number of hydrogen-bond acceptors (Lipinski definition) is 3. The number of halogens is 2. The molecule has 2 aromatic carbocycles. The van der Waals surface area contributed by atoms with Gasteiger partial charge in [0.2, 0.25) is 0 Å². The summed E-state index contributed by atoms with van der Waals surface area (Å²) in [6.07, 6.45) is 0. The minimum absolute atomic E-state index is 0.102. The minimum atomic E-state index is -0.336. The summed E-state index contributed by atoms with van der Waals surface area (Å²) >= 11 is 9.22. The lowest BCUT2D eigenvalue weighted by Gasteiger charge is -2.19. The maximum absolute atomic E-state index is 11.9. The van der Waals surface area contributed by atoms with Gasteiger partial charge in [-0.25, -0.2) is 5.43 Å². The van der Waals surface area contributed by atoms with Gasteiger partial charge in [0.05, 0.1) is 10.2 Å². The molecule has 0 aliphatic carbocycles. The average Bonchev–Trinajstić information content (AvgIpc) is 2.58. The van der Waals surface area contributed by atoms with Gasteiger partial charge >= 0.3 is 0 Å². The number of nitrogens with one attached hydrogen (secondary N) is 1. The van der Waals surface area contributed by atoms with E-state index in [1.54, 1.807) is 18.2 Å². The van der Waals surface area contributed by atoms with Crippen LogP contribution in [0.1, 0.15) is 38.8 Å². The molecule has 0 fully saturated rings. The topological polar surface area (TPSA) is 50.7 Å². The Labute approximate surface area is 167 Å². The molecule has 2 aromatic rings. The Kier molecular flexibility index (Phi) is 6.84. The number of hydrogen-bond donors (Lipinski definition) is 1. The Morgan fingerprint density at radius 1 is 1.19 bits per heavy atom. The van der Waals surface area contributed by atoms with E-state index in [1.165, 1.54) is 5.56 Å². The highest BCUT2D eigenvalue weighted by atomic mass is 79.9. The van der Waals surface area contributed by atoms with Crippen molar-refractivity contribution < 1.29 is 9.53 Å². The smallest absolute Gasteiger partial charge is 0.277 e. The molecular formula is C20H22BrClN2O2. The standard InChI is InChI=1S/C20H22BrClN2O2/c1-13(14-5-7-15(8-6-14)20(2,3)4)23-24-19(25)12-26-18-10-9-16(22)11-17(18)21/h5-11H,12H2,1-4H3,(H,24,25)/b23-13-. The van der Waals surface area contributed by atoms with Crippen LogP contribution in [-0.2, 0) is 10.2 Å². The molecule has 0 aliphatic rings. The molecule has 26 heavy (non-hydrogen) atoms. The zero-order valence-corrected chi connectivity index (χ0v) is 17.6. The third kappa shape index (κ3) is 5.85. The first kappa shape index (κ1) is 20.5. The zero-order valence-electron chi connectivity index (χ0n) is 15.3. The number of nitrogens with zero attached hydrogens (tertiary/aromatic N) is 1. The molecule has 0 saturated heterocycles. The van der Waals surface area contributed by atoms with Gasteiger partial charge in [-0.1, -0.05) is 56.6 Å². The van der Waals surface area contributed by atoms with E-state index in [4.69, 9.17) is 16.3 Å². The molecule has 1 N–H and O–H groups in total. The lowest BCUT2D eigenvalue weighted by atomic mass is 9.86. The molecule has 0 bridgehead atoms. The number of carbonyl (C=O) groups excluding carboxylic acids is 1. The minimum Gasteiger partial charge on any atom is -0.483 e. The highest BCUT2D eigenvalue weighted by molar-refractivity contribution is 9.10. The summed E-state index contributed by atoms with van der Waals surface area (Å²) in [6, 6.07) is 13.3. The van der Waals surface area contributed by atoms with Crippen molar-refractivity contribution in [3.05, 3.63) is 63.1 Å². The van der Waals surface area contributed by atoms with Crippen LogP contribution in [0.25, 0.3) is 0 Å². The molecule has 4 nitrogen and oxygen atoms in total. The van der Waals surface area contributed by atoms with Gasteiger partial charge in [-0.15, -0.1) is 0 Å². The average molecular weight is 438 g/mol. The fourth-order valence-corrected chi connectivity index (χ4v) is 2.99. The highest BCUT2D eigenvalue weighted by Crippen LogP contribution is 2.27. The summed E-state index contributed by atoms with van der Waals surface area (Å²) in [5, 5.41) is 4.73. The van der Waals surface area contributed by atoms with E-state index in [2.05, 4.69) is 59.4 Å². The Morgan fingerprint density at radius 2 is 1.85 bits per heavy atom. The molecule has 0 heterocycles. The first-order chi connectivity index (χ1) is 12.2. The summed E-state index contributed by atoms with van der Waals surface area (Å²) in [7, 11) is 0. The molecule has 6 heteroatoms. The maximum Gasteiger partial charge on any atom is 0.277 e. The van der Waals surface area contributed by atoms with Crippen molar-refractivity contribution in [2.24, 2.45) is 5.10 Å². The van der Waals surface area contributed by atoms with Crippen LogP contribution in [0.3, 0.4) is 0 Å². The van der Waals surface area contributed by atoms with Crippen molar-refractivity contribution in [3.63, 3.8) is 0 Å². The molecule has 0 aliphatic heterocycles. The number of ether oxygens (including phenoxy) is 1. The molecule has 0 unspecified atom stereocenters. The molecule has 1 amide bonds. The summed E-state index contributed by atoms with van der Waals surface area (Å²) in [6.45, 7) is 8.22. The largest absolute Gasteiger partial charge is 0.483 e. The van der Waals surface area contributed by atoms with Crippen molar-refractivity contribution in [3.8, 4) is 5.75 Å². The lowest BCUT2D eigenvalue weighted by molar-refractivity contribution is -0.123. The van der Waals surface area contributed by atoms with E-state index in [1.807, 2.05) is 19.1 Å². The second-order valence-corrected chi connectivity index (χ2v) is 8.21. The number of benzene rings is 2. The highest BCUT2D eigenvalue weighted by Gasteiger charge is 2.13. The van der Waals surface area contributed by atoms with Crippen LogP contribution in [0.2, 0.25) is 5.02 Å². The molecule has 138 valence electrons. The van der Waals surface area contributed by atoms with Crippen molar-refractivity contribution in [1.29, 1.82) is 0 Å². The van der Waals surface area contributed by atoms with Gasteiger partial charge in [-0.05, 0) is 57.6 Å². The van der Waals surface area contributed by atoms with Crippen LogP contribution >= 0.6 is 27.5 Å². The van der Waals surface area contributed by atoms with Crippen molar-refractivity contribution in [1.82, 2.24) is 5.43 Å². The van der Waals surface area contributed by atoms with Crippen LogP contribution in [0, 0.1) is 0 Å². The SMILES string of the molecule is C/C(=N/NC(=O)COc1ccc(Cl)cc1Br)c1ccc(C(C)(C)C)cc1. The third-order valence-corrected chi connectivity index (χ3v) is 4.62. The predicted octanol–water partition coefficient (Wildman–Crippen LogP) is 5.32. The second-order valence-electron chi connectivity index (χ2n) is 6.92. The van der Waals surface area contributed by atoms with Gasteiger partial charge in [0.1, 0.15) is 5.75 Å². The zero-order chi connectivity index (χ0) is 19.3. The fourth-order valence-electron chi connectivity index (χ4n) is 2.19. The van der Waals surface area contributed by atoms with Gasteiger partial charge in [0, 0.05) is 5.02 Å². The molecule has 0 aromatic heterocycles. The van der Waals surface area contributed by atoms with E-state index in [-0.39, 0.29) is 17.9 Å². The van der Waals surface area contributed by atoms with E-state index in [0.29, 0.717) is 15.2 Å². The first-order valence-electron chi connectivity index (χ1n) is 8.19. The molecule has 2 rings (SSSR count). The summed E-state index contributed by atoms with van der Waals surface area (Å²) in [5.74, 6) is 0.209. The lowest BCUT2D eigenvalue weighted by Crippen LogP contribution is -2.25. The predicted molar refractivity (Wildman–Crippen MR) is 110 cm³/mol. The van der Waals surface area contributed by atoms with Gasteiger partial charge in [-0.3, -0.25) is 4.79 Å². The Hall–Kier alpha value is -1.85. The normalized spacial score (nSPS) is 12.0. The van der Waals surface area contributed by atoms with Crippen molar-refractivity contribution in [2.45, 2.75) is 33.1 Å². The van der Waals surface area contributed by atoms with E-state index in [9.17, 15) is 4.79 Å². The van der Waals surface area contributed by atoms with Crippen LogP contribution in [0.4, 0.5) is 0 Å². The Morgan fingerprint density at radius 3 is 2.42 bits per heavy atom. The molecule has 0 atom stereocenters. The maximum atomic E-state index is 11.9. The fraction of sp³-hybridized carbons (Fsp3) is 0.300. The Balaban J connectivity index is 1.92. The third-order valence-electron chi connectivity index (χ3n) is 3.77. The Bertz CT molecular complexity index is 812. The van der Waals surface area contributed by atoms with Gasteiger partial charge < -0.3 is 4.74 Å². The second kappa shape index (κ2) is 8.69. The van der Waals surface area contributed by atoms with Gasteiger partial charge in [-0.2, -0.15) is 5.10 Å². The summed E-state index contributed by atoms with van der Waals surface area (Å²) in [5.41, 5.74) is 5.55. The van der Waals surface area contributed by atoms with Crippen molar-refractivity contribution in [2.75, 3.05) is 6.61 Å². The molecular weight excluding hydrogens is 416 g/mol. The number of carbonyl (C=O) groups is 1. The van der Waals surface area contributed by atoms with Gasteiger partial charge in [0.15, 0.2) is 6.61 Å². The van der Waals surface area contributed by atoms with E-state index >= 15 is 0 Å². The first-order valence-corrected chi connectivity index (χ1v) is 9.36. The summed E-state index contributed by atoms with van der Waals surface area (Å²) < 4.78 is 6.15. The molecule has 0 spiro atoms. The van der Waals surface area contributed by atoms with Crippen LogP contribution in [0.15, 0.2) is 52.0 Å². The molecule has 0 saturated carbocycles. The van der Waals surface area contributed by atoms with E-state index in [0.717, 1.165) is 11.3 Å². The quantitative estimate of drug-likeness (QED) is 0.508. The monoisotopic (exact) mass is 436 g/mol. The van der Waals surface area contributed by atoms with E-state index < -0.39 is 0 Å². The van der Waals surface area contributed by atoms with Crippen LogP contribution in [-0.4, -0.2) is 18.2 Å². The van der Waals surface area contributed by atoms with Crippen LogP contribution in [0.5, 0.6) is 5.75 Å². The summed E-state index contributed by atoms with van der Waals surface area (Å²) in [4.78, 5) is 11.9.